The first kappa shape index (κ1) is 16.1. The van der Waals surface area contributed by atoms with E-state index in [2.05, 4.69) is 49.2 Å². The molecule has 0 aliphatic carbocycles. The number of aryl methyl sites for hydroxylation is 2. The fourth-order valence-electron chi connectivity index (χ4n) is 2.58. The molecule has 2 rings (SSSR count). The van der Waals surface area contributed by atoms with Crippen LogP contribution in [0.1, 0.15) is 24.5 Å². The molecule has 0 aliphatic rings. The molecule has 0 saturated carbocycles. The van der Waals surface area contributed by atoms with Crippen LogP contribution in [0.5, 0.6) is 0 Å². The fourth-order valence-corrected chi connectivity index (χ4v) is 2.58. The lowest BCUT2D eigenvalue weighted by molar-refractivity contribution is -0.116. The summed E-state index contributed by atoms with van der Waals surface area (Å²) < 4.78 is 0. The zero-order chi connectivity index (χ0) is 15.9. The highest BCUT2D eigenvalue weighted by Gasteiger charge is 2.09. The Morgan fingerprint density at radius 3 is 2.27 bits per heavy atom. The van der Waals surface area contributed by atoms with Crippen LogP contribution in [0.3, 0.4) is 0 Å². The molecule has 0 aliphatic heterocycles. The summed E-state index contributed by atoms with van der Waals surface area (Å²) in [6, 6.07) is 16.1. The number of nitrogens with one attached hydrogen (secondary N) is 1. The van der Waals surface area contributed by atoms with Gasteiger partial charge in [-0.3, -0.25) is 4.79 Å². The van der Waals surface area contributed by atoms with Crippen molar-refractivity contribution in [2.24, 2.45) is 0 Å². The quantitative estimate of drug-likeness (QED) is 0.868. The third kappa shape index (κ3) is 4.62. The molecule has 3 nitrogen and oxygen atoms in total. The largest absolute Gasteiger partial charge is 0.371 e. The highest BCUT2D eigenvalue weighted by atomic mass is 16.1. The van der Waals surface area contributed by atoms with E-state index < -0.39 is 0 Å². The van der Waals surface area contributed by atoms with Crippen molar-refractivity contribution in [2.45, 2.75) is 27.2 Å². The molecule has 0 atom stereocenters. The van der Waals surface area contributed by atoms with Gasteiger partial charge in [-0.1, -0.05) is 24.3 Å². The lowest BCUT2D eigenvalue weighted by Crippen LogP contribution is -2.27. The van der Waals surface area contributed by atoms with Gasteiger partial charge >= 0.3 is 0 Å². The first-order valence-corrected chi connectivity index (χ1v) is 7.76. The van der Waals surface area contributed by atoms with Crippen LogP contribution in [-0.4, -0.2) is 19.0 Å². The molecule has 1 amide bonds. The number of hydrogen-bond donors (Lipinski definition) is 1. The molecule has 0 radical (unpaired) electrons. The Hall–Kier alpha value is -2.29. The van der Waals surface area contributed by atoms with E-state index in [1.807, 2.05) is 30.3 Å². The summed E-state index contributed by atoms with van der Waals surface area (Å²) in [6.07, 6.45) is 0.482. The Labute approximate surface area is 133 Å². The minimum absolute atomic E-state index is 0.0500. The third-order valence-corrected chi connectivity index (χ3v) is 3.62. The number of carbonyl (C=O) groups is 1. The SMILES string of the molecule is CCN(CCC(=O)Nc1ccccc1)c1cc(C)cc(C)c1. The van der Waals surface area contributed by atoms with E-state index in [1.54, 1.807) is 0 Å². The van der Waals surface area contributed by atoms with Gasteiger partial charge in [0.25, 0.3) is 0 Å². The molecule has 0 saturated heterocycles. The smallest absolute Gasteiger partial charge is 0.226 e. The Bertz CT molecular complexity index is 602. The highest BCUT2D eigenvalue weighted by Crippen LogP contribution is 2.19. The van der Waals surface area contributed by atoms with Gasteiger partial charge in [0, 0.05) is 30.9 Å². The zero-order valence-electron chi connectivity index (χ0n) is 13.6. The van der Waals surface area contributed by atoms with Gasteiger partial charge in [0.15, 0.2) is 0 Å². The Kier molecular flexibility index (Phi) is 5.59. The number of anilines is 2. The number of carbonyl (C=O) groups excluding carboxylic acids is 1. The number of rotatable bonds is 6. The monoisotopic (exact) mass is 296 g/mol. The predicted molar refractivity (Wildman–Crippen MR) is 93.5 cm³/mol. The molecule has 2 aromatic carbocycles. The van der Waals surface area contributed by atoms with Crippen molar-refractivity contribution in [3.63, 3.8) is 0 Å². The molecule has 0 bridgehead atoms. The van der Waals surface area contributed by atoms with Gasteiger partial charge in [-0.15, -0.1) is 0 Å². The number of benzene rings is 2. The van der Waals surface area contributed by atoms with Crippen LogP contribution in [0.15, 0.2) is 48.5 Å². The second kappa shape index (κ2) is 7.64. The van der Waals surface area contributed by atoms with Crippen LogP contribution < -0.4 is 10.2 Å². The van der Waals surface area contributed by atoms with Crippen molar-refractivity contribution < 1.29 is 4.79 Å². The van der Waals surface area contributed by atoms with Crippen LogP contribution in [0, 0.1) is 13.8 Å². The Morgan fingerprint density at radius 1 is 1.05 bits per heavy atom. The van der Waals surface area contributed by atoms with E-state index in [9.17, 15) is 4.79 Å². The molecule has 0 spiro atoms. The van der Waals surface area contributed by atoms with E-state index in [1.165, 1.54) is 16.8 Å². The standard InChI is InChI=1S/C19H24N2O/c1-4-21(18-13-15(2)12-16(3)14-18)11-10-19(22)20-17-8-6-5-7-9-17/h5-9,12-14H,4,10-11H2,1-3H3,(H,20,22). The second-order valence-corrected chi connectivity index (χ2v) is 5.59. The first-order valence-electron chi connectivity index (χ1n) is 7.76. The summed E-state index contributed by atoms with van der Waals surface area (Å²) in [5.41, 5.74) is 4.54. The van der Waals surface area contributed by atoms with Crippen molar-refractivity contribution >= 4 is 17.3 Å². The molecular formula is C19H24N2O. The average Bonchev–Trinajstić information content (AvgIpc) is 2.48. The summed E-state index contributed by atoms with van der Waals surface area (Å²) in [7, 11) is 0. The van der Waals surface area contributed by atoms with Crippen molar-refractivity contribution in [3.8, 4) is 0 Å². The van der Waals surface area contributed by atoms with Gasteiger partial charge in [-0.05, 0) is 56.2 Å². The van der Waals surface area contributed by atoms with Gasteiger partial charge in [0.05, 0.1) is 0 Å². The molecule has 2 aromatic rings. The molecule has 116 valence electrons. The van der Waals surface area contributed by atoms with E-state index in [4.69, 9.17) is 0 Å². The number of para-hydroxylation sites is 1. The van der Waals surface area contributed by atoms with Crippen LogP contribution >= 0.6 is 0 Å². The molecular weight excluding hydrogens is 272 g/mol. The minimum Gasteiger partial charge on any atom is -0.371 e. The van der Waals surface area contributed by atoms with Crippen LogP contribution in [0.25, 0.3) is 0 Å². The molecule has 0 aromatic heterocycles. The second-order valence-electron chi connectivity index (χ2n) is 5.59. The number of amides is 1. The van der Waals surface area contributed by atoms with Crippen molar-refractivity contribution in [3.05, 3.63) is 59.7 Å². The number of hydrogen-bond acceptors (Lipinski definition) is 2. The highest BCUT2D eigenvalue weighted by molar-refractivity contribution is 5.90. The van der Waals surface area contributed by atoms with Crippen LogP contribution in [0.4, 0.5) is 11.4 Å². The summed E-state index contributed by atoms with van der Waals surface area (Å²) >= 11 is 0. The van der Waals surface area contributed by atoms with Crippen LogP contribution in [0.2, 0.25) is 0 Å². The third-order valence-electron chi connectivity index (χ3n) is 3.62. The van der Waals surface area contributed by atoms with Crippen molar-refractivity contribution in [2.75, 3.05) is 23.3 Å². The van der Waals surface area contributed by atoms with Gasteiger partial charge < -0.3 is 10.2 Å². The molecule has 22 heavy (non-hydrogen) atoms. The lowest BCUT2D eigenvalue weighted by atomic mass is 10.1. The normalized spacial score (nSPS) is 10.3. The Morgan fingerprint density at radius 2 is 1.68 bits per heavy atom. The fraction of sp³-hybridized carbons (Fsp3) is 0.316. The predicted octanol–water partition coefficient (Wildman–Crippen LogP) is 4.16. The van der Waals surface area contributed by atoms with Gasteiger partial charge in [-0.2, -0.15) is 0 Å². The molecule has 0 heterocycles. The van der Waals surface area contributed by atoms with Gasteiger partial charge in [-0.25, -0.2) is 0 Å². The lowest BCUT2D eigenvalue weighted by Gasteiger charge is -2.24. The molecule has 0 fully saturated rings. The van der Waals surface area contributed by atoms with Crippen molar-refractivity contribution in [1.82, 2.24) is 0 Å². The van der Waals surface area contributed by atoms with Crippen LogP contribution in [-0.2, 0) is 4.79 Å². The maximum Gasteiger partial charge on any atom is 0.226 e. The van der Waals surface area contributed by atoms with Crippen molar-refractivity contribution in [1.29, 1.82) is 0 Å². The molecule has 1 N–H and O–H groups in total. The summed E-state index contributed by atoms with van der Waals surface area (Å²) in [5.74, 6) is 0.0500. The van der Waals surface area contributed by atoms with Gasteiger partial charge in [0.1, 0.15) is 0 Å². The van der Waals surface area contributed by atoms with E-state index in [0.717, 1.165) is 18.8 Å². The van der Waals surface area contributed by atoms with E-state index >= 15 is 0 Å². The zero-order valence-corrected chi connectivity index (χ0v) is 13.6. The van der Waals surface area contributed by atoms with E-state index in [-0.39, 0.29) is 5.91 Å². The molecule has 3 heteroatoms. The summed E-state index contributed by atoms with van der Waals surface area (Å²) in [6.45, 7) is 7.94. The van der Waals surface area contributed by atoms with Gasteiger partial charge in [0.2, 0.25) is 5.91 Å². The Balaban J connectivity index is 1.94. The minimum atomic E-state index is 0.0500. The first-order chi connectivity index (χ1) is 10.6. The maximum atomic E-state index is 12.1. The van der Waals surface area contributed by atoms with E-state index in [0.29, 0.717) is 6.42 Å². The maximum absolute atomic E-state index is 12.1. The summed E-state index contributed by atoms with van der Waals surface area (Å²) in [5, 5.41) is 2.93. The average molecular weight is 296 g/mol. The molecule has 0 unspecified atom stereocenters. The number of nitrogens with zero attached hydrogens (tertiary/aromatic N) is 1. The topological polar surface area (TPSA) is 32.3 Å². The summed E-state index contributed by atoms with van der Waals surface area (Å²) in [4.78, 5) is 14.3.